The molecule has 1 N–H and O–H groups in total. The second-order valence-corrected chi connectivity index (χ2v) is 6.62. The number of thiophene rings is 1. The Balaban J connectivity index is 1.93. The standard InChI is InChI=1S/C18H17FN2O3S/c1-3-11-8-14-16(25-11)9-15(18(23)24-2)21(14)10-17(22)20-13-7-5-4-6-12(13)19/h4-9H,3,10H2,1-2H3,(H,20,22). The van der Waals surface area contributed by atoms with Crippen LogP contribution in [-0.4, -0.2) is 23.6 Å². The van der Waals surface area contributed by atoms with E-state index in [0.29, 0.717) is 5.69 Å². The van der Waals surface area contributed by atoms with E-state index in [9.17, 15) is 14.0 Å². The molecule has 0 unspecified atom stereocenters. The molecule has 1 amide bonds. The number of fused-ring (bicyclic) bond motifs is 1. The number of hydrogen-bond acceptors (Lipinski definition) is 4. The number of carbonyl (C=O) groups excluding carboxylic acids is 2. The molecule has 0 radical (unpaired) electrons. The highest BCUT2D eigenvalue weighted by Gasteiger charge is 2.20. The van der Waals surface area contributed by atoms with Gasteiger partial charge in [0.2, 0.25) is 5.91 Å². The zero-order chi connectivity index (χ0) is 18.0. The van der Waals surface area contributed by atoms with Crippen LogP contribution in [0.5, 0.6) is 0 Å². The lowest BCUT2D eigenvalue weighted by atomic mass is 10.3. The number of esters is 1. The summed E-state index contributed by atoms with van der Waals surface area (Å²) < 4.78 is 21.0. The van der Waals surface area contributed by atoms with Gasteiger partial charge in [-0.05, 0) is 30.7 Å². The highest BCUT2D eigenvalue weighted by Crippen LogP contribution is 2.30. The molecule has 130 valence electrons. The van der Waals surface area contributed by atoms with Gasteiger partial charge in [0.25, 0.3) is 0 Å². The Hall–Kier alpha value is -2.67. The third kappa shape index (κ3) is 3.41. The van der Waals surface area contributed by atoms with Crippen molar-refractivity contribution < 1.29 is 18.7 Å². The van der Waals surface area contributed by atoms with E-state index < -0.39 is 17.7 Å². The number of aromatic nitrogens is 1. The molecular formula is C18H17FN2O3S. The van der Waals surface area contributed by atoms with Gasteiger partial charge in [0, 0.05) is 4.88 Å². The first-order valence-electron chi connectivity index (χ1n) is 7.78. The number of halogens is 1. The van der Waals surface area contributed by atoms with Gasteiger partial charge in [0.15, 0.2) is 0 Å². The number of anilines is 1. The van der Waals surface area contributed by atoms with Crippen molar-refractivity contribution in [1.29, 1.82) is 0 Å². The Kier molecular flexibility index (Phi) is 4.85. The topological polar surface area (TPSA) is 60.3 Å². The highest BCUT2D eigenvalue weighted by atomic mass is 32.1. The molecule has 0 fully saturated rings. The molecule has 0 aliphatic heterocycles. The van der Waals surface area contributed by atoms with E-state index in [2.05, 4.69) is 5.32 Å². The normalized spacial score (nSPS) is 10.8. The molecule has 5 nitrogen and oxygen atoms in total. The van der Waals surface area contributed by atoms with Gasteiger partial charge in [-0.1, -0.05) is 19.1 Å². The van der Waals surface area contributed by atoms with Crippen LogP contribution in [0.25, 0.3) is 10.2 Å². The second kappa shape index (κ2) is 7.06. The lowest BCUT2D eigenvalue weighted by molar-refractivity contribution is -0.116. The Morgan fingerprint density at radius 3 is 2.72 bits per heavy atom. The van der Waals surface area contributed by atoms with Gasteiger partial charge >= 0.3 is 5.97 Å². The molecule has 2 heterocycles. The average molecular weight is 360 g/mol. The summed E-state index contributed by atoms with van der Waals surface area (Å²) in [6.07, 6.45) is 0.869. The fourth-order valence-electron chi connectivity index (χ4n) is 2.61. The number of para-hydroxylation sites is 1. The minimum absolute atomic E-state index is 0.107. The Bertz CT molecular complexity index is 945. The maximum absolute atomic E-state index is 13.7. The van der Waals surface area contributed by atoms with E-state index in [1.54, 1.807) is 34.1 Å². The third-order valence-corrected chi connectivity index (χ3v) is 5.05. The quantitative estimate of drug-likeness (QED) is 0.704. The van der Waals surface area contributed by atoms with Crippen LogP contribution in [0.4, 0.5) is 10.1 Å². The Labute approximate surface area is 148 Å². The fourth-order valence-corrected chi connectivity index (χ4v) is 3.65. The monoisotopic (exact) mass is 360 g/mol. The smallest absolute Gasteiger partial charge is 0.354 e. The van der Waals surface area contributed by atoms with Crippen LogP contribution in [0.2, 0.25) is 0 Å². The van der Waals surface area contributed by atoms with Gasteiger partial charge in [-0.15, -0.1) is 11.3 Å². The molecule has 0 aliphatic rings. The molecule has 0 aliphatic carbocycles. The summed E-state index contributed by atoms with van der Waals surface area (Å²) in [7, 11) is 1.30. The SMILES string of the molecule is CCc1cc2c(cc(C(=O)OC)n2CC(=O)Nc2ccccc2F)s1. The summed E-state index contributed by atoms with van der Waals surface area (Å²) >= 11 is 1.57. The van der Waals surface area contributed by atoms with Crippen molar-refractivity contribution in [1.82, 2.24) is 4.57 Å². The van der Waals surface area contributed by atoms with E-state index in [1.807, 2.05) is 13.0 Å². The number of methoxy groups -OCH3 is 1. The maximum Gasteiger partial charge on any atom is 0.354 e. The van der Waals surface area contributed by atoms with Crippen molar-refractivity contribution in [2.24, 2.45) is 0 Å². The van der Waals surface area contributed by atoms with Gasteiger partial charge in [-0.25, -0.2) is 9.18 Å². The largest absolute Gasteiger partial charge is 0.464 e. The minimum atomic E-state index is -0.514. The maximum atomic E-state index is 13.7. The molecule has 0 saturated carbocycles. The number of nitrogens with zero attached hydrogens (tertiary/aromatic N) is 1. The summed E-state index contributed by atoms with van der Waals surface area (Å²) in [5.41, 5.74) is 1.20. The van der Waals surface area contributed by atoms with E-state index in [-0.39, 0.29) is 12.2 Å². The van der Waals surface area contributed by atoms with Crippen LogP contribution in [0.3, 0.4) is 0 Å². The van der Waals surface area contributed by atoms with E-state index in [4.69, 9.17) is 4.74 Å². The Morgan fingerprint density at radius 2 is 2.04 bits per heavy atom. The van der Waals surface area contributed by atoms with Crippen LogP contribution in [0, 0.1) is 5.82 Å². The molecule has 3 aromatic rings. The van der Waals surface area contributed by atoms with Crippen molar-refractivity contribution in [2.75, 3.05) is 12.4 Å². The van der Waals surface area contributed by atoms with E-state index in [1.165, 1.54) is 19.2 Å². The summed E-state index contributed by atoms with van der Waals surface area (Å²) in [6.45, 7) is 1.93. The van der Waals surface area contributed by atoms with E-state index >= 15 is 0 Å². The Morgan fingerprint density at radius 1 is 1.28 bits per heavy atom. The summed E-state index contributed by atoms with van der Waals surface area (Å²) in [4.78, 5) is 25.5. The number of aryl methyl sites for hydroxylation is 1. The molecule has 0 bridgehead atoms. The predicted octanol–water partition coefficient (Wildman–Crippen LogP) is 3.83. The molecule has 0 saturated heterocycles. The fraction of sp³-hybridized carbons (Fsp3) is 0.222. The molecule has 2 aromatic heterocycles. The first-order valence-corrected chi connectivity index (χ1v) is 8.59. The number of nitrogens with one attached hydrogen (secondary N) is 1. The van der Waals surface area contributed by atoms with Gasteiger partial charge in [-0.3, -0.25) is 4.79 Å². The van der Waals surface area contributed by atoms with Crippen molar-refractivity contribution >= 4 is 39.1 Å². The van der Waals surface area contributed by atoms with Crippen LogP contribution in [0.1, 0.15) is 22.3 Å². The van der Waals surface area contributed by atoms with Gasteiger partial charge in [0.1, 0.15) is 18.1 Å². The molecule has 7 heteroatoms. The first-order chi connectivity index (χ1) is 12.0. The molecule has 25 heavy (non-hydrogen) atoms. The highest BCUT2D eigenvalue weighted by molar-refractivity contribution is 7.19. The van der Waals surface area contributed by atoms with Crippen LogP contribution in [-0.2, 0) is 22.5 Å². The molecule has 1 aromatic carbocycles. The van der Waals surface area contributed by atoms with Gasteiger partial charge in [0.05, 0.1) is 23.0 Å². The summed E-state index contributed by atoms with van der Waals surface area (Å²) in [5, 5.41) is 2.53. The predicted molar refractivity (Wildman–Crippen MR) is 95.6 cm³/mol. The molecule has 0 atom stereocenters. The second-order valence-electron chi connectivity index (χ2n) is 5.45. The van der Waals surface area contributed by atoms with Crippen molar-refractivity contribution in [3.8, 4) is 0 Å². The number of ether oxygens (including phenoxy) is 1. The minimum Gasteiger partial charge on any atom is -0.464 e. The third-order valence-electron chi connectivity index (χ3n) is 3.83. The van der Waals surface area contributed by atoms with E-state index in [0.717, 1.165) is 21.5 Å². The van der Waals surface area contributed by atoms with Crippen LogP contribution < -0.4 is 5.32 Å². The van der Waals surface area contributed by atoms with Gasteiger partial charge < -0.3 is 14.6 Å². The van der Waals surface area contributed by atoms with Crippen LogP contribution in [0.15, 0.2) is 36.4 Å². The molecule has 0 spiro atoms. The lowest BCUT2D eigenvalue weighted by Gasteiger charge is -2.10. The van der Waals surface area contributed by atoms with Crippen molar-refractivity contribution in [3.63, 3.8) is 0 Å². The summed E-state index contributed by atoms with van der Waals surface area (Å²) in [6, 6.07) is 9.63. The van der Waals surface area contributed by atoms with Crippen molar-refractivity contribution in [2.45, 2.75) is 19.9 Å². The van der Waals surface area contributed by atoms with Gasteiger partial charge in [-0.2, -0.15) is 0 Å². The van der Waals surface area contributed by atoms with Crippen molar-refractivity contribution in [3.05, 3.63) is 52.8 Å². The van der Waals surface area contributed by atoms with Crippen LogP contribution >= 0.6 is 11.3 Å². The zero-order valence-electron chi connectivity index (χ0n) is 13.8. The first kappa shape index (κ1) is 17.2. The average Bonchev–Trinajstić information content (AvgIpc) is 3.15. The number of carbonyl (C=O) groups is 2. The number of benzene rings is 1. The molecular weight excluding hydrogens is 343 g/mol. The zero-order valence-corrected chi connectivity index (χ0v) is 14.7. The lowest BCUT2D eigenvalue weighted by Crippen LogP contribution is -2.22. The number of hydrogen-bond donors (Lipinski definition) is 1. The summed E-state index contributed by atoms with van der Waals surface area (Å²) in [5.74, 6) is -1.44. The number of rotatable bonds is 5. The molecule has 3 rings (SSSR count). The number of amides is 1.